The Hall–Kier alpha value is -3.72. The molecule has 8 nitrogen and oxygen atoms in total. The van der Waals surface area contributed by atoms with Crippen molar-refractivity contribution in [2.24, 2.45) is 0 Å². The second kappa shape index (κ2) is 10.7. The molecule has 3 aliphatic heterocycles. The van der Waals surface area contributed by atoms with Crippen molar-refractivity contribution >= 4 is 21.5 Å². The number of hydrogen-bond acceptors (Lipinski definition) is 7. The normalized spacial score (nSPS) is 19.3. The van der Waals surface area contributed by atoms with E-state index in [1.165, 1.54) is 0 Å². The molecular formula is C31H33NO7S. The highest BCUT2D eigenvalue weighted by Crippen LogP contribution is 2.41. The van der Waals surface area contributed by atoms with Crippen LogP contribution in [0, 0.1) is 6.92 Å². The summed E-state index contributed by atoms with van der Waals surface area (Å²) in [6.07, 6.45) is 1.80. The van der Waals surface area contributed by atoms with Crippen molar-refractivity contribution in [3.63, 3.8) is 0 Å². The van der Waals surface area contributed by atoms with Gasteiger partial charge in [0.25, 0.3) is 0 Å². The van der Waals surface area contributed by atoms with Gasteiger partial charge in [-0.25, -0.2) is 8.42 Å². The van der Waals surface area contributed by atoms with Gasteiger partial charge in [0.15, 0.2) is 9.84 Å². The summed E-state index contributed by atoms with van der Waals surface area (Å²) in [6.45, 7) is 3.65. The summed E-state index contributed by atoms with van der Waals surface area (Å²) >= 11 is 0. The Morgan fingerprint density at radius 1 is 1.05 bits per heavy atom. The molecule has 2 N–H and O–H groups in total. The number of carboxylic acids is 1. The molecule has 3 aromatic carbocycles. The second-order valence-corrected chi connectivity index (χ2v) is 13.2. The first kappa shape index (κ1) is 26.5. The van der Waals surface area contributed by atoms with Crippen LogP contribution in [0.5, 0.6) is 17.2 Å². The van der Waals surface area contributed by atoms with E-state index in [0.29, 0.717) is 32.6 Å². The minimum Gasteiger partial charge on any atom is -0.493 e. The van der Waals surface area contributed by atoms with E-state index in [4.69, 9.17) is 19.3 Å². The van der Waals surface area contributed by atoms with Gasteiger partial charge in [-0.2, -0.15) is 0 Å². The summed E-state index contributed by atoms with van der Waals surface area (Å²) in [6, 6.07) is 16.2. The number of carboxylic acid groups (broad SMARTS) is 1. The van der Waals surface area contributed by atoms with Crippen LogP contribution in [0.1, 0.15) is 47.4 Å². The lowest BCUT2D eigenvalue weighted by Gasteiger charge is -2.24. The molecule has 1 saturated heterocycles. The van der Waals surface area contributed by atoms with Crippen LogP contribution in [-0.4, -0.2) is 50.3 Å². The van der Waals surface area contributed by atoms with Gasteiger partial charge in [0, 0.05) is 41.8 Å². The zero-order chi connectivity index (χ0) is 27.9. The SMILES string of the molecule is Cc1cc(OC2CCS(=O)(=O)CC2)cc2c1-c1cc(CNc3ccc4c(c3)OC[C@H]4CC(=O)O)ccc1OCC2. The molecule has 0 aromatic heterocycles. The van der Waals surface area contributed by atoms with Crippen LogP contribution in [-0.2, 0) is 27.6 Å². The first-order chi connectivity index (χ1) is 19.2. The molecule has 0 bridgehead atoms. The van der Waals surface area contributed by atoms with Gasteiger partial charge in [0.2, 0.25) is 0 Å². The van der Waals surface area contributed by atoms with Crippen LogP contribution < -0.4 is 19.5 Å². The molecule has 0 spiro atoms. The first-order valence-electron chi connectivity index (χ1n) is 13.7. The van der Waals surface area contributed by atoms with Gasteiger partial charge in [-0.15, -0.1) is 0 Å². The van der Waals surface area contributed by atoms with Crippen LogP contribution in [0.3, 0.4) is 0 Å². The van der Waals surface area contributed by atoms with E-state index in [1.54, 1.807) is 0 Å². The fraction of sp³-hybridized carbons (Fsp3) is 0.387. The van der Waals surface area contributed by atoms with Crippen LogP contribution in [0.4, 0.5) is 5.69 Å². The number of hydrogen-bond donors (Lipinski definition) is 2. The summed E-state index contributed by atoms with van der Waals surface area (Å²) in [4.78, 5) is 11.1. The predicted octanol–water partition coefficient (Wildman–Crippen LogP) is 5.12. The fourth-order valence-corrected chi connectivity index (χ4v) is 7.35. The van der Waals surface area contributed by atoms with Crippen molar-refractivity contribution in [1.29, 1.82) is 0 Å². The molecule has 0 radical (unpaired) electrons. The fourth-order valence-electron chi connectivity index (χ4n) is 5.90. The number of aliphatic carboxylic acids is 1. The van der Waals surface area contributed by atoms with E-state index in [-0.39, 0.29) is 29.9 Å². The highest BCUT2D eigenvalue weighted by Gasteiger charge is 2.27. The average Bonchev–Trinajstić information content (AvgIpc) is 3.20. The summed E-state index contributed by atoms with van der Waals surface area (Å²) in [5.41, 5.74) is 7.42. The molecule has 9 heteroatoms. The number of carbonyl (C=O) groups is 1. The molecule has 0 saturated carbocycles. The van der Waals surface area contributed by atoms with E-state index in [0.717, 1.165) is 62.7 Å². The van der Waals surface area contributed by atoms with Crippen LogP contribution >= 0.6 is 0 Å². The van der Waals surface area contributed by atoms with E-state index in [9.17, 15) is 13.2 Å². The van der Waals surface area contributed by atoms with E-state index >= 15 is 0 Å². The summed E-state index contributed by atoms with van der Waals surface area (Å²) < 4.78 is 41.7. The molecule has 3 heterocycles. The maximum absolute atomic E-state index is 11.8. The number of anilines is 1. The third-order valence-electron chi connectivity index (χ3n) is 7.95. The Labute approximate surface area is 234 Å². The van der Waals surface area contributed by atoms with Crippen LogP contribution in [0.25, 0.3) is 11.1 Å². The smallest absolute Gasteiger partial charge is 0.304 e. The number of fused-ring (bicyclic) bond motifs is 4. The Kier molecular flexibility index (Phi) is 7.08. The van der Waals surface area contributed by atoms with Gasteiger partial charge < -0.3 is 24.6 Å². The van der Waals surface area contributed by atoms with Gasteiger partial charge in [0.1, 0.15) is 23.4 Å². The van der Waals surface area contributed by atoms with Crippen LogP contribution in [0.2, 0.25) is 0 Å². The Balaban J connectivity index is 1.19. The Morgan fingerprint density at radius 3 is 2.67 bits per heavy atom. The minimum atomic E-state index is -2.93. The van der Waals surface area contributed by atoms with Gasteiger partial charge in [-0.05, 0) is 72.4 Å². The van der Waals surface area contributed by atoms with E-state index in [1.807, 2.05) is 30.3 Å². The quantitative estimate of drug-likeness (QED) is 0.408. The summed E-state index contributed by atoms with van der Waals surface area (Å²) in [5.74, 6) is 1.81. The summed E-state index contributed by atoms with van der Waals surface area (Å²) in [7, 11) is -2.93. The average molecular weight is 564 g/mol. The van der Waals surface area contributed by atoms with Crippen molar-refractivity contribution in [2.45, 2.75) is 51.2 Å². The van der Waals surface area contributed by atoms with Gasteiger partial charge in [-0.1, -0.05) is 12.1 Å². The molecule has 1 fully saturated rings. The number of benzene rings is 3. The topological polar surface area (TPSA) is 111 Å². The molecule has 0 unspecified atom stereocenters. The van der Waals surface area contributed by atoms with Gasteiger partial charge >= 0.3 is 5.97 Å². The second-order valence-electron chi connectivity index (χ2n) is 10.9. The largest absolute Gasteiger partial charge is 0.493 e. The van der Waals surface area contributed by atoms with E-state index < -0.39 is 15.8 Å². The molecule has 3 aromatic rings. The van der Waals surface area contributed by atoms with Crippen molar-refractivity contribution in [1.82, 2.24) is 0 Å². The first-order valence-corrected chi connectivity index (χ1v) is 15.6. The Morgan fingerprint density at radius 2 is 1.88 bits per heavy atom. The molecule has 0 aliphatic carbocycles. The highest BCUT2D eigenvalue weighted by atomic mass is 32.2. The van der Waals surface area contributed by atoms with Crippen molar-refractivity contribution in [3.05, 3.63) is 70.8 Å². The van der Waals surface area contributed by atoms with E-state index in [2.05, 4.69) is 30.4 Å². The molecule has 1 atom stereocenters. The van der Waals surface area contributed by atoms with Gasteiger partial charge in [0.05, 0.1) is 31.1 Å². The number of rotatable bonds is 7. The van der Waals surface area contributed by atoms with Crippen molar-refractivity contribution in [2.75, 3.05) is 30.0 Å². The highest BCUT2D eigenvalue weighted by molar-refractivity contribution is 7.91. The molecular weight excluding hydrogens is 530 g/mol. The lowest BCUT2D eigenvalue weighted by atomic mass is 9.92. The minimum absolute atomic E-state index is 0.0659. The maximum atomic E-state index is 11.8. The lowest BCUT2D eigenvalue weighted by Crippen LogP contribution is -2.30. The number of aryl methyl sites for hydroxylation is 1. The standard InChI is InChI=1S/C31H33NO7S/c1-19-12-25(39-24-7-10-40(35,36)11-8-24)14-21-6-9-37-28-5-2-20(13-27(28)31(19)21)17-32-23-3-4-26-22(15-30(33)34)18-38-29(26)16-23/h2-5,12-14,16,22,24,32H,6-11,15,17-18H2,1H3,(H,33,34)/t22-/m1/s1. The summed E-state index contributed by atoms with van der Waals surface area (Å²) in [5, 5.41) is 12.6. The third-order valence-corrected chi connectivity index (χ3v) is 9.66. The van der Waals surface area contributed by atoms with Crippen LogP contribution in [0.15, 0.2) is 48.5 Å². The number of nitrogens with one attached hydrogen (secondary N) is 1. The molecule has 0 amide bonds. The predicted molar refractivity (Wildman–Crippen MR) is 152 cm³/mol. The Bertz CT molecular complexity index is 1550. The molecule has 40 heavy (non-hydrogen) atoms. The zero-order valence-electron chi connectivity index (χ0n) is 22.4. The molecule has 6 rings (SSSR count). The monoisotopic (exact) mass is 563 g/mol. The van der Waals surface area contributed by atoms with Crippen molar-refractivity contribution in [3.8, 4) is 28.4 Å². The third kappa shape index (κ3) is 5.61. The maximum Gasteiger partial charge on any atom is 0.304 e. The molecule has 210 valence electrons. The lowest BCUT2D eigenvalue weighted by molar-refractivity contribution is -0.137. The van der Waals surface area contributed by atoms with Gasteiger partial charge in [-0.3, -0.25) is 4.79 Å². The zero-order valence-corrected chi connectivity index (χ0v) is 23.3. The molecule has 3 aliphatic rings. The van der Waals surface area contributed by atoms with Crippen molar-refractivity contribution < 1.29 is 32.5 Å². The number of sulfone groups is 1. The number of ether oxygens (including phenoxy) is 3.